The van der Waals surface area contributed by atoms with Crippen molar-refractivity contribution < 1.29 is 5.11 Å². The summed E-state index contributed by atoms with van der Waals surface area (Å²) < 4.78 is 0. The first kappa shape index (κ1) is 9.11. The Morgan fingerprint density at radius 2 is 2.33 bits per heavy atom. The Bertz CT molecular complexity index is 242. The fraction of sp³-hybridized carbons (Fsp3) is 0.455. The van der Waals surface area contributed by atoms with Crippen LogP contribution in [0.2, 0.25) is 0 Å². The van der Waals surface area contributed by atoms with Crippen molar-refractivity contribution in [2.45, 2.75) is 26.7 Å². The van der Waals surface area contributed by atoms with Crippen molar-refractivity contribution >= 4 is 0 Å². The molecule has 0 spiro atoms. The number of allylic oxidation sites excluding steroid dienone is 5. The van der Waals surface area contributed by atoms with E-state index >= 15 is 0 Å². The van der Waals surface area contributed by atoms with Crippen LogP contribution >= 0.6 is 0 Å². The highest BCUT2D eigenvalue weighted by Gasteiger charge is 2.17. The zero-order valence-electron chi connectivity index (χ0n) is 7.80. The van der Waals surface area contributed by atoms with E-state index in [4.69, 9.17) is 5.11 Å². The molecule has 1 aliphatic rings. The van der Waals surface area contributed by atoms with Gasteiger partial charge in [0, 0.05) is 0 Å². The number of hydrogen-bond donors (Lipinski definition) is 1. The third kappa shape index (κ3) is 1.79. The second-order valence-corrected chi connectivity index (χ2v) is 3.41. The van der Waals surface area contributed by atoms with Gasteiger partial charge in [-0.3, -0.25) is 0 Å². The van der Waals surface area contributed by atoms with Gasteiger partial charge in [-0.1, -0.05) is 19.6 Å². The fourth-order valence-electron chi connectivity index (χ4n) is 1.73. The van der Waals surface area contributed by atoms with Gasteiger partial charge in [-0.05, 0) is 42.9 Å². The van der Waals surface area contributed by atoms with E-state index in [1.54, 1.807) is 6.92 Å². The van der Waals surface area contributed by atoms with Crippen LogP contribution in [0.15, 0.2) is 35.6 Å². The molecule has 1 N–H and O–H groups in total. The van der Waals surface area contributed by atoms with Gasteiger partial charge < -0.3 is 5.11 Å². The Labute approximate surface area is 74.1 Å². The number of aliphatic hydroxyl groups excluding tert-OH is 1. The van der Waals surface area contributed by atoms with Crippen molar-refractivity contribution in [1.29, 1.82) is 0 Å². The Kier molecular flexibility index (Phi) is 2.74. The third-order valence-electron chi connectivity index (χ3n) is 2.35. The van der Waals surface area contributed by atoms with Crippen molar-refractivity contribution in [3.8, 4) is 0 Å². The largest absolute Gasteiger partial charge is 0.513 e. The SMILES string of the molecule is C=CC1=C(/C=C(\C)O)CC[C@H]1C. The van der Waals surface area contributed by atoms with E-state index in [1.807, 2.05) is 12.2 Å². The van der Waals surface area contributed by atoms with Crippen LogP contribution in [0.25, 0.3) is 0 Å². The van der Waals surface area contributed by atoms with Crippen molar-refractivity contribution in [3.63, 3.8) is 0 Å². The highest BCUT2D eigenvalue weighted by atomic mass is 16.3. The first-order chi connectivity index (χ1) is 5.65. The lowest BCUT2D eigenvalue weighted by Crippen LogP contribution is -1.88. The zero-order chi connectivity index (χ0) is 9.14. The van der Waals surface area contributed by atoms with Crippen LogP contribution in [0.5, 0.6) is 0 Å². The van der Waals surface area contributed by atoms with Gasteiger partial charge in [-0.2, -0.15) is 0 Å². The zero-order valence-corrected chi connectivity index (χ0v) is 7.80. The molecule has 12 heavy (non-hydrogen) atoms. The molecule has 1 atom stereocenters. The third-order valence-corrected chi connectivity index (χ3v) is 2.35. The maximum atomic E-state index is 9.10. The first-order valence-electron chi connectivity index (χ1n) is 4.38. The van der Waals surface area contributed by atoms with Gasteiger partial charge in [-0.15, -0.1) is 0 Å². The van der Waals surface area contributed by atoms with E-state index in [9.17, 15) is 0 Å². The van der Waals surface area contributed by atoms with Crippen molar-refractivity contribution in [2.24, 2.45) is 5.92 Å². The molecule has 1 rings (SSSR count). The van der Waals surface area contributed by atoms with Crippen LogP contribution < -0.4 is 0 Å². The normalized spacial score (nSPS) is 24.8. The fourth-order valence-corrected chi connectivity index (χ4v) is 1.73. The highest BCUT2D eigenvalue weighted by Crippen LogP contribution is 2.33. The molecular weight excluding hydrogens is 148 g/mol. The predicted molar refractivity (Wildman–Crippen MR) is 52.0 cm³/mol. The van der Waals surface area contributed by atoms with Crippen LogP contribution in [0.4, 0.5) is 0 Å². The maximum absolute atomic E-state index is 9.10. The number of aliphatic hydroxyl groups is 1. The van der Waals surface area contributed by atoms with Gasteiger partial charge in [-0.25, -0.2) is 0 Å². The lowest BCUT2D eigenvalue weighted by Gasteiger charge is -2.02. The molecule has 0 unspecified atom stereocenters. The minimum absolute atomic E-state index is 0.387. The molecule has 0 aromatic rings. The molecule has 66 valence electrons. The van der Waals surface area contributed by atoms with Crippen LogP contribution in [0.1, 0.15) is 26.7 Å². The van der Waals surface area contributed by atoms with E-state index in [0.29, 0.717) is 11.7 Å². The molecule has 0 fully saturated rings. The second kappa shape index (κ2) is 3.61. The number of hydrogen-bond acceptors (Lipinski definition) is 1. The molecule has 0 aromatic carbocycles. The highest BCUT2D eigenvalue weighted by molar-refractivity contribution is 5.38. The van der Waals surface area contributed by atoms with Gasteiger partial charge in [0.25, 0.3) is 0 Å². The van der Waals surface area contributed by atoms with Crippen molar-refractivity contribution in [1.82, 2.24) is 0 Å². The van der Waals surface area contributed by atoms with Crippen LogP contribution in [-0.4, -0.2) is 5.11 Å². The summed E-state index contributed by atoms with van der Waals surface area (Å²) in [6, 6.07) is 0. The Balaban J connectivity index is 2.93. The Morgan fingerprint density at radius 3 is 2.83 bits per heavy atom. The summed E-state index contributed by atoms with van der Waals surface area (Å²) in [5.74, 6) is 0.992. The molecule has 1 nitrogen and oxygen atoms in total. The molecule has 0 bridgehead atoms. The first-order valence-corrected chi connectivity index (χ1v) is 4.38. The number of rotatable bonds is 2. The van der Waals surface area contributed by atoms with E-state index in [1.165, 1.54) is 17.6 Å². The summed E-state index contributed by atoms with van der Waals surface area (Å²) >= 11 is 0. The minimum atomic E-state index is 0.387. The van der Waals surface area contributed by atoms with Gasteiger partial charge >= 0.3 is 0 Å². The average Bonchev–Trinajstić information content (AvgIpc) is 2.30. The summed E-state index contributed by atoms with van der Waals surface area (Å²) in [5.41, 5.74) is 2.54. The predicted octanol–water partition coefficient (Wildman–Crippen LogP) is 3.36. The quantitative estimate of drug-likeness (QED) is 0.620. The summed E-state index contributed by atoms with van der Waals surface area (Å²) in [6.45, 7) is 7.69. The molecule has 0 saturated carbocycles. The van der Waals surface area contributed by atoms with Gasteiger partial charge in [0.15, 0.2) is 0 Å². The summed E-state index contributed by atoms with van der Waals surface area (Å²) in [5, 5.41) is 9.10. The maximum Gasteiger partial charge on any atom is 0.0894 e. The molecule has 1 aliphatic carbocycles. The topological polar surface area (TPSA) is 20.2 Å². The molecular formula is C11H16O. The van der Waals surface area contributed by atoms with Crippen LogP contribution in [0, 0.1) is 5.92 Å². The summed E-state index contributed by atoms with van der Waals surface area (Å²) in [6.07, 6.45) is 6.01. The smallest absolute Gasteiger partial charge is 0.0894 e. The lowest BCUT2D eigenvalue weighted by atomic mass is 10.0. The minimum Gasteiger partial charge on any atom is -0.513 e. The summed E-state index contributed by atoms with van der Waals surface area (Å²) in [4.78, 5) is 0. The average molecular weight is 164 g/mol. The molecule has 0 saturated heterocycles. The Hall–Kier alpha value is -0.980. The van der Waals surface area contributed by atoms with Crippen LogP contribution in [0.3, 0.4) is 0 Å². The molecule has 0 heterocycles. The van der Waals surface area contributed by atoms with Gasteiger partial charge in [0.05, 0.1) is 5.76 Å². The molecule has 0 radical (unpaired) electrons. The second-order valence-electron chi connectivity index (χ2n) is 3.41. The summed E-state index contributed by atoms with van der Waals surface area (Å²) in [7, 11) is 0. The Morgan fingerprint density at radius 1 is 1.67 bits per heavy atom. The van der Waals surface area contributed by atoms with Crippen LogP contribution in [-0.2, 0) is 0 Å². The molecule has 0 aliphatic heterocycles. The van der Waals surface area contributed by atoms with Crippen molar-refractivity contribution in [2.75, 3.05) is 0 Å². The monoisotopic (exact) mass is 164 g/mol. The molecule has 0 amide bonds. The lowest BCUT2D eigenvalue weighted by molar-refractivity contribution is 0.413. The van der Waals surface area contributed by atoms with Gasteiger partial charge in [0.1, 0.15) is 0 Å². The van der Waals surface area contributed by atoms with E-state index in [0.717, 1.165) is 6.42 Å². The standard InChI is InChI=1S/C11H16O/c1-4-11-8(2)5-6-10(11)7-9(3)12/h4,7-8,12H,1,5-6H2,2-3H3/b9-7+/t8-/m1/s1. The van der Waals surface area contributed by atoms with Crippen molar-refractivity contribution in [3.05, 3.63) is 35.6 Å². The molecule has 0 aromatic heterocycles. The van der Waals surface area contributed by atoms with E-state index in [-0.39, 0.29) is 0 Å². The van der Waals surface area contributed by atoms with E-state index in [2.05, 4.69) is 13.5 Å². The van der Waals surface area contributed by atoms with E-state index < -0.39 is 0 Å². The van der Waals surface area contributed by atoms with Gasteiger partial charge in [0.2, 0.25) is 0 Å². The molecule has 1 heteroatoms.